The molecule has 0 aliphatic heterocycles. The highest BCUT2D eigenvalue weighted by molar-refractivity contribution is 7.89. The maximum atomic E-state index is 12.6. The van der Waals surface area contributed by atoms with Crippen molar-refractivity contribution in [1.29, 1.82) is 0 Å². The molecule has 6 heteroatoms. The molecular weight excluding hydrogens is 350 g/mol. The van der Waals surface area contributed by atoms with Crippen molar-refractivity contribution in [2.75, 3.05) is 13.2 Å². The number of aliphatic hydroxyl groups is 1. The van der Waals surface area contributed by atoms with Crippen LogP contribution in [0.5, 0.6) is 5.75 Å². The monoisotopic (exact) mass is 371 g/mol. The zero-order chi connectivity index (χ0) is 18.6. The molecule has 0 spiro atoms. The third kappa shape index (κ3) is 3.88. The van der Waals surface area contributed by atoms with Crippen molar-refractivity contribution < 1.29 is 18.3 Å². The second-order valence-electron chi connectivity index (χ2n) is 5.82. The van der Waals surface area contributed by atoms with Crippen LogP contribution >= 0.6 is 0 Å². The summed E-state index contributed by atoms with van der Waals surface area (Å²) >= 11 is 0. The molecule has 26 heavy (non-hydrogen) atoms. The lowest BCUT2D eigenvalue weighted by Gasteiger charge is -2.16. The van der Waals surface area contributed by atoms with Gasteiger partial charge in [0.1, 0.15) is 10.6 Å². The molecule has 0 radical (unpaired) electrons. The Bertz CT molecular complexity index is 996. The number of para-hydroxylation sites is 1. The normalized spacial score (nSPS) is 12.8. The Labute approximate surface area is 153 Å². The molecule has 0 heterocycles. The van der Waals surface area contributed by atoms with Crippen LogP contribution in [0, 0.1) is 0 Å². The molecule has 0 aromatic heterocycles. The van der Waals surface area contributed by atoms with E-state index in [0.29, 0.717) is 17.9 Å². The summed E-state index contributed by atoms with van der Waals surface area (Å²) < 4.78 is 33.1. The fourth-order valence-electron chi connectivity index (χ4n) is 2.86. The number of rotatable bonds is 7. The van der Waals surface area contributed by atoms with Crippen molar-refractivity contribution in [2.45, 2.75) is 17.9 Å². The molecule has 5 nitrogen and oxygen atoms in total. The van der Waals surface area contributed by atoms with Gasteiger partial charge in [-0.05, 0) is 35.4 Å². The highest BCUT2D eigenvalue weighted by Crippen LogP contribution is 2.26. The SMILES string of the molecule is CCOc1ccccc1S(=O)(=O)NCC(O)c1cccc2ccccc12. The fourth-order valence-corrected chi connectivity index (χ4v) is 4.05. The number of ether oxygens (including phenoxy) is 1. The van der Waals surface area contributed by atoms with Gasteiger partial charge >= 0.3 is 0 Å². The molecule has 3 aromatic carbocycles. The van der Waals surface area contributed by atoms with Crippen molar-refractivity contribution in [3.8, 4) is 5.75 Å². The van der Waals surface area contributed by atoms with Crippen LogP contribution in [-0.2, 0) is 10.0 Å². The van der Waals surface area contributed by atoms with E-state index in [-0.39, 0.29) is 11.4 Å². The smallest absolute Gasteiger partial charge is 0.244 e. The summed E-state index contributed by atoms with van der Waals surface area (Å²) in [6, 6.07) is 19.7. The number of hydrogen-bond acceptors (Lipinski definition) is 4. The van der Waals surface area contributed by atoms with Gasteiger partial charge in [0.05, 0.1) is 12.7 Å². The van der Waals surface area contributed by atoms with E-state index in [0.717, 1.165) is 10.8 Å². The van der Waals surface area contributed by atoms with E-state index >= 15 is 0 Å². The largest absolute Gasteiger partial charge is 0.492 e. The van der Waals surface area contributed by atoms with Crippen molar-refractivity contribution in [3.63, 3.8) is 0 Å². The lowest BCUT2D eigenvalue weighted by atomic mass is 10.0. The topological polar surface area (TPSA) is 75.6 Å². The third-order valence-corrected chi connectivity index (χ3v) is 5.55. The second-order valence-corrected chi connectivity index (χ2v) is 7.55. The number of aliphatic hydroxyl groups excluding tert-OH is 1. The molecule has 0 saturated heterocycles. The van der Waals surface area contributed by atoms with Crippen LogP contribution in [0.2, 0.25) is 0 Å². The first-order chi connectivity index (χ1) is 12.5. The standard InChI is InChI=1S/C20H21NO4S/c1-2-25-19-12-5-6-13-20(19)26(23,24)21-14-18(22)17-11-7-9-15-8-3-4-10-16(15)17/h3-13,18,21-22H,2,14H2,1H3. The molecular formula is C20H21NO4S. The van der Waals surface area contributed by atoms with Gasteiger partial charge < -0.3 is 9.84 Å². The Kier molecular flexibility index (Phi) is 5.56. The van der Waals surface area contributed by atoms with Crippen molar-refractivity contribution in [1.82, 2.24) is 4.72 Å². The molecule has 1 atom stereocenters. The van der Waals surface area contributed by atoms with Gasteiger partial charge in [-0.15, -0.1) is 0 Å². The quantitative estimate of drug-likeness (QED) is 0.668. The van der Waals surface area contributed by atoms with Crippen LogP contribution in [0.1, 0.15) is 18.6 Å². The summed E-state index contributed by atoms with van der Waals surface area (Å²) in [4.78, 5) is 0.0620. The zero-order valence-electron chi connectivity index (χ0n) is 14.4. The lowest BCUT2D eigenvalue weighted by molar-refractivity contribution is 0.183. The molecule has 0 amide bonds. The van der Waals surface area contributed by atoms with E-state index in [1.54, 1.807) is 31.2 Å². The van der Waals surface area contributed by atoms with Crippen LogP contribution in [0.25, 0.3) is 10.8 Å². The minimum absolute atomic E-state index is 0.0620. The molecule has 0 fully saturated rings. The highest BCUT2D eigenvalue weighted by Gasteiger charge is 2.21. The van der Waals surface area contributed by atoms with Gasteiger partial charge in [0.2, 0.25) is 10.0 Å². The van der Waals surface area contributed by atoms with Gasteiger partial charge in [-0.25, -0.2) is 13.1 Å². The average Bonchev–Trinajstić information content (AvgIpc) is 2.66. The molecule has 3 rings (SSSR count). The number of benzene rings is 3. The minimum atomic E-state index is -3.80. The van der Waals surface area contributed by atoms with E-state index in [2.05, 4.69) is 4.72 Å². The first-order valence-electron chi connectivity index (χ1n) is 8.40. The summed E-state index contributed by atoms with van der Waals surface area (Å²) in [5.74, 6) is 0.294. The molecule has 136 valence electrons. The maximum absolute atomic E-state index is 12.6. The van der Waals surface area contributed by atoms with Gasteiger partial charge in [-0.1, -0.05) is 54.6 Å². The van der Waals surface area contributed by atoms with E-state index in [4.69, 9.17) is 4.74 Å². The van der Waals surface area contributed by atoms with Crippen molar-refractivity contribution in [2.24, 2.45) is 0 Å². The second kappa shape index (κ2) is 7.86. The summed E-state index contributed by atoms with van der Waals surface area (Å²) in [6.07, 6.45) is -0.963. The molecule has 0 bridgehead atoms. The molecule has 0 saturated carbocycles. The Hall–Kier alpha value is -2.41. The van der Waals surface area contributed by atoms with Gasteiger partial charge in [-0.2, -0.15) is 0 Å². The van der Waals surface area contributed by atoms with Crippen molar-refractivity contribution in [3.05, 3.63) is 72.3 Å². The molecule has 0 aliphatic rings. The summed E-state index contributed by atoms with van der Waals surface area (Å²) in [5, 5.41) is 12.4. The highest BCUT2D eigenvalue weighted by atomic mass is 32.2. The van der Waals surface area contributed by atoms with E-state index < -0.39 is 16.1 Å². The predicted molar refractivity (Wildman–Crippen MR) is 102 cm³/mol. The van der Waals surface area contributed by atoms with Gasteiger partial charge in [0.15, 0.2) is 0 Å². The first kappa shape index (κ1) is 18.4. The molecule has 3 aromatic rings. The minimum Gasteiger partial charge on any atom is -0.492 e. The maximum Gasteiger partial charge on any atom is 0.244 e. The summed E-state index contributed by atoms with van der Waals surface area (Å²) in [7, 11) is -3.80. The summed E-state index contributed by atoms with van der Waals surface area (Å²) in [5.41, 5.74) is 0.684. The van der Waals surface area contributed by atoms with Crippen LogP contribution in [0.3, 0.4) is 0 Å². The lowest BCUT2D eigenvalue weighted by Crippen LogP contribution is -2.29. The Morgan fingerprint density at radius 3 is 2.50 bits per heavy atom. The third-order valence-electron chi connectivity index (χ3n) is 4.09. The van der Waals surface area contributed by atoms with Crippen LogP contribution in [-0.4, -0.2) is 26.7 Å². The molecule has 1 unspecified atom stereocenters. The van der Waals surface area contributed by atoms with Crippen LogP contribution < -0.4 is 9.46 Å². The Morgan fingerprint density at radius 2 is 1.69 bits per heavy atom. The number of nitrogens with one attached hydrogen (secondary N) is 1. The summed E-state index contributed by atoms with van der Waals surface area (Å²) in [6.45, 7) is 2.03. The number of fused-ring (bicyclic) bond motifs is 1. The molecule has 0 aliphatic carbocycles. The average molecular weight is 371 g/mol. The van der Waals surface area contributed by atoms with Gasteiger partial charge in [0, 0.05) is 6.54 Å². The van der Waals surface area contributed by atoms with Gasteiger partial charge in [-0.3, -0.25) is 0 Å². The van der Waals surface area contributed by atoms with E-state index in [9.17, 15) is 13.5 Å². The van der Waals surface area contributed by atoms with Gasteiger partial charge in [0.25, 0.3) is 0 Å². The predicted octanol–water partition coefficient (Wildman–Crippen LogP) is 3.25. The number of hydrogen-bond donors (Lipinski definition) is 2. The molecule has 2 N–H and O–H groups in total. The zero-order valence-corrected chi connectivity index (χ0v) is 15.2. The van der Waals surface area contributed by atoms with Crippen LogP contribution in [0.15, 0.2) is 71.6 Å². The number of sulfonamides is 1. The van der Waals surface area contributed by atoms with Crippen LogP contribution in [0.4, 0.5) is 0 Å². The first-order valence-corrected chi connectivity index (χ1v) is 9.88. The Morgan fingerprint density at radius 1 is 1.00 bits per heavy atom. The van der Waals surface area contributed by atoms with Crippen molar-refractivity contribution >= 4 is 20.8 Å². The Balaban J connectivity index is 1.81. The van der Waals surface area contributed by atoms with E-state index in [1.165, 1.54) is 6.07 Å². The van der Waals surface area contributed by atoms with E-state index in [1.807, 2.05) is 36.4 Å². The fraction of sp³-hybridized carbons (Fsp3) is 0.200.